The van der Waals surface area contributed by atoms with Gasteiger partial charge >= 0.3 is 0 Å². The van der Waals surface area contributed by atoms with Crippen LogP contribution in [0.2, 0.25) is 10.0 Å². The summed E-state index contributed by atoms with van der Waals surface area (Å²) < 4.78 is 0. The van der Waals surface area contributed by atoms with E-state index in [1.54, 1.807) is 12.1 Å². The van der Waals surface area contributed by atoms with E-state index in [2.05, 4.69) is 26.1 Å². The van der Waals surface area contributed by atoms with Crippen molar-refractivity contribution in [3.63, 3.8) is 0 Å². The minimum atomic E-state index is 0.606. The van der Waals surface area contributed by atoms with Crippen LogP contribution in [0.5, 0.6) is 0 Å². The number of hydrogen-bond donors (Lipinski definition) is 1. The zero-order valence-corrected chi connectivity index (χ0v) is 12.6. The Hall–Kier alpha value is -0.240. The van der Waals surface area contributed by atoms with Crippen molar-refractivity contribution in [1.82, 2.24) is 5.32 Å². The van der Waals surface area contributed by atoms with Crippen molar-refractivity contribution in [3.05, 3.63) is 34.3 Å². The Morgan fingerprint density at radius 1 is 1.06 bits per heavy atom. The van der Waals surface area contributed by atoms with Crippen LogP contribution >= 0.6 is 23.2 Å². The highest BCUT2D eigenvalue weighted by Gasteiger charge is 2.04. The normalized spacial score (nSPS) is 11.9. The third-order valence-electron chi connectivity index (χ3n) is 2.81. The summed E-state index contributed by atoms with van der Waals surface area (Å²) in [6.45, 7) is 8.02. The number of rotatable bonds is 4. The van der Waals surface area contributed by atoms with E-state index in [1.807, 2.05) is 19.2 Å². The van der Waals surface area contributed by atoms with Crippen LogP contribution < -0.4 is 5.32 Å². The van der Waals surface area contributed by atoms with E-state index >= 15 is 0 Å². The molecule has 98 valence electrons. The van der Waals surface area contributed by atoms with Gasteiger partial charge in [-0.25, -0.2) is 0 Å². The molecule has 0 aromatic heterocycles. The largest absolute Gasteiger partial charge is 0.320 e. The Labute approximate surface area is 116 Å². The standard InChI is InChI=1S/C8H19N.C6H4Cl2/c1-7(2)8(3)5-6-9-4;7-5-3-1-2-4-6(5)8/h7-9H,5-6H2,1-4H3;1-4H. The van der Waals surface area contributed by atoms with Gasteiger partial charge in [0.25, 0.3) is 0 Å². The Morgan fingerprint density at radius 2 is 1.53 bits per heavy atom. The van der Waals surface area contributed by atoms with Gasteiger partial charge in [0.15, 0.2) is 0 Å². The molecule has 0 aliphatic carbocycles. The molecule has 1 aromatic rings. The highest BCUT2D eigenvalue weighted by atomic mass is 35.5. The Morgan fingerprint density at radius 3 is 1.82 bits per heavy atom. The van der Waals surface area contributed by atoms with Crippen molar-refractivity contribution < 1.29 is 0 Å². The van der Waals surface area contributed by atoms with Crippen LogP contribution in [-0.4, -0.2) is 13.6 Å². The molecule has 1 atom stereocenters. The molecule has 0 bridgehead atoms. The smallest absolute Gasteiger partial charge is 0.0592 e. The molecule has 0 aliphatic heterocycles. The Kier molecular flexibility index (Phi) is 9.62. The van der Waals surface area contributed by atoms with Crippen LogP contribution in [0, 0.1) is 11.8 Å². The molecule has 0 saturated carbocycles. The lowest BCUT2D eigenvalue weighted by Crippen LogP contribution is -2.14. The van der Waals surface area contributed by atoms with Crippen molar-refractivity contribution in [1.29, 1.82) is 0 Å². The molecule has 1 unspecified atom stereocenters. The Balaban J connectivity index is 0.000000302. The summed E-state index contributed by atoms with van der Waals surface area (Å²) >= 11 is 11.2. The van der Waals surface area contributed by atoms with Crippen molar-refractivity contribution in [2.75, 3.05) is 13.6 Å². The van der Waals surface area contributed by atoms with Gasteiger partial charge < -0.3 is 5.32 Å². The van der Waals surface area contributed by atoms with Crippen LogP contribution in [0.1, 0.15) is 27.2 Å². The van der Waals surface area contributed by atoms with E-state index in [9.17, 15) is 0 Å². The first kappa shape index (κ1) is 16.8. The number of halogens is 2. The molecule has 0 fully saturated rings. The predicted octanol–water partition coefficient (Wildman–Crippen LogP) is 4.88. The molecule has 1 rings (SSSR count). The van der Waals surface area contributed by atoms with Crippen LogP contribution in [-0.2, 0) is 0 Å². The number of hydrogen-bond acceptors (Lipinski definition) is 1. The minimum absolute atomic E-state index is 0.606. The summed E-state index contributed by atoms with van der Waals surface area (Å²) in [7, 11) is 2.01. The van der Waals surface area contributed by atoms with E-state index in [1.165, 1.54) is 6.42 Å². The summed E-state index contributed by atoms with van der Waals surface area (Å²) in [6.07, 6.45) is 1.30. The van der Waals surface area contributed by atoms with E-state index < -0.39 is 0 Å². The minimum Gasteiger partial charge on any atom is -0.320 e. The summed E-state index contributed by atoms with van der Waals surface area (Å²) in [5.74, 6) is 1.69. The summed E-state index contributed by atoms with van der Waals surface area (Å²) in [5, 5.41) is 4.36. The first-order valence-electron chi connectivity index (χ1n) is 6.03. The molecule has 1 aromatic carbocycles. The molecule has 0 heterocycles. The zero-order valence-electron chi connectivity index (χ0n) is 11.1. The van der Waals surface area contributed by atoms with E-state index in [0.717, 1.165) is 18.4 Å². The lowest BCUT2D eigenvalue weighted by Gasteiger charge is -2.14. The molecule has 1 nitrogen and oxygen atoms in total. The van der Waals surface area contributed by atoms with Gasteiger partial charge in [-0.2, -0.15) is 0 Å². The van der Waals surface area contributed by atoms with Crippen molar-refractivity contribution in [2.45, 2.75) is 27.2 Å². The SMILES string of the molecule is CNCCC(C)C(C)C.Clc1ccccc1Cl. The topological polar surface area (TPSA) is 12.0 Å². The summed E-state index contributed by atoms with van der Waals surface area (Å²) in [5.41, 5.74) is 0. The third-order valence-corrected chi connectivity index (χ3v) is 3.57. The van der Waals surface area contributed by atoms with Gasteiger partial charge in [0.1, 0.15) is 0 Å². The number of benzene rings is 1. The van der Waals surface area contributed by atoms with Gasteiger partial charge in [-0.05, 0) is 44.0 Å². The molecule has 17 heavy (non-hydrogen) atoms. The lowest BCUT2D eigenvalue weighted by molar-refractivity contribution is 0.388. The maximum atomic E-state index is 5.58. The number of nitrogens with one attached hydrogen (secondary N) is 1. The first-order chi connectivity index (χ1) is 7.99. The molecular weight excluding hydrogens is 253 g/mol. The van der Waals surface area contributed by atoms with Crippen LogP contribution in [0.25, 0.3) is 0 Å². The van der Waals surface area contributed by atoms with Crippen LogP contribution in [0.4, 0.5) is 0 Å². The molecule has 0 amide bonds. The second-order valence-corrected chi connectivity index (χ2v) is 5.34. The monoisotopic (exact) mass is 275 g/mol. The van der Waals surface area contributed by atoms with Gasteiger partial charge in [-0.15, -0.1) is 0 Å². The molecule has 0 spiro atoms. The Bertz CT molecular complexity index is 279. The fraction of sp³-hybridized carbons (Fsp3) is 0.571. The van der Waals surface area contributed by atoms with Gasteiger partial charge in [-0.1, -0.05) is 56.1 Å². The van der Waals surface area contributed by atoms with Crippen LogP contribution in [0.3, 0.4) is 0 Å². The zero-order chi connectivity index (χ0) is 13.3. The van der Waals surface area contributed by atoms with E-state index in [-0.39, 0.29) is 0 Å². The van der Waals surface area contributed by atoms with Crippen LogP contribution in [0.15, 0.2) is 24.3 Å². The molecule has 3 heteroatoms. The second kappa shape index (κ2) is 9.76. The first-order valence-corrected chi connectivity index (χ1v) is 6.79. The fourth-order valence-electron chi connectivity index (χ4n) is 1.14. The molecule has 0 radical (unpaired) electrons. The third kappa shape index (κ3) is 8.48. The maximum absolute atomic E-state index is 5.58. The van der Waals surface area contributed by atoms with Gasteiger partial charge in [0.05, 0.1) is 10.0 Å². The van der Waals surface area contributed by atoms with Crippen molar-refractivity contribution >= 4 is 23.2 Å². The summed E-state index contributed by atoms with van der Waals surface area (Å²) in [6, 6.07) is 7.19. The summed E-state index contributed by atoms with van der Waals surface area (Å²) in [4.78, 5) is 0. The highest BCUT2D eigenvalue weighted by molar-refractivity contribution is 6.41. The molecule has 0 aliphatic rings. The molecular formula is C14H23Cl2N. The fourth-order valence-corrected chi connectivity index (χ4v) is 1.42. The average Bonchev–Trinajstić information content (AvgIpc) is 2.30. The molecule has 0 saturated heterocycles. The van der Waals surface area contributed by atoms with Crippen molar-refractivity contribution in [2.24, 2.45) is 11.8 Å². The van der Waals surface area contributed by atoms with E-state index in [4.69, 9.17) is 23.2 Å². The van der Waals surface area contributed by atoms with Gasteiger partial charge in [0.2, 0.25) is 0 Å². The van der Waals surface area contributed by atoms with Gasteiger partial charge in [-0.3, -0.25) is 0 Å². The highest BCUT2D eigenvalue weighted by Crippen LogP contribution is 2.19. The van der Waals surface area contributed by atoms with Gasteiger partial charge in [0, 0.05) is 0 Å². The lowest BCUT2D eigenvalue weighted by atomic mass is 9.95. The maximum Gasteiger partial charge on any atom is 0.0592 e. The quantitative estimate of drug-likeness (QED) is 0.826. The predicted molar refractivity (Wildman–Crippen MR) is 79.0 cm³/mol. The molecule has 1 N–H and O–H groups in total. The average molecular weight is 276 g/mol. The second-order valence-electron chi connectivity index (χ2n) is 4.53. The van der Waals surface area contributed by atoms with Crippen molar-refractivity contribution in [3.8, 4) is 0 Å². The van der Waals surface area contributed by atoms with E-state index in [0.29, 0.717) is 10.0 Å².